The standard InChI is InChI=1S/C20H31N3/c1-2-3-6-10-17-15-18-14-16(9-7-4-5-8-13-21)11-12-19(18)23-20(17)22/h11-12,14-15H,2-10,13,21H2,1H3,(H2,22,23). The predicted molar refractivity (Wildman–Crippen MR) is 101 cm³/mol. The Bertz CT molecular complexity index is 607. The molecule has 0 aliphatic carbocycles. The second-order valence-corrected chi connectivity index (χ2v) is 6.47. The number of unbranched alkanes of at least 4 members (excludes halogenated alkanes) is 5. The molecule has 0 saturated carbocycles. The second-order valence-electron chi connectivity index (χ2n) is 6.47. The molecule has 0 spiro atoms. The summed E-state index contributed by atoms with van der Waals surface area (Å²) < 4.78 is 0. The molecule has 0 fully saturated rings. The maximum atomic E-state index is 6.11. The van der Waals surface area contributed by atoms with Crippen LogP contribution in [0.15, 0.2) is 24.3 Å². The summed E-state index contributed by atoms with van der Waals surface area (Å²) in [5, 5.41) is 1.23. The van der Waals surface area contributed by atoms with Gasteiger partial charge in [-0.2, -0.15) is 0 Å². The Labute approximate surface area is 140 Å². The molecule has 1 aromatic heterocycles. The summed E-state index contributed by atoms with van der Waals surface area (Å²) in [5.74, 6) is 0.697. The summed E-state index contributed by atoms with van der Waals surface area (Å²) in [4.78, 5) is 4.58. The molecule has 0 atom stereocenters. The van der Waals surface area contributed by atoms with Crippen LogP contribution in [0.3, 0.4) is 0 Å². The van der Waals surface area contributed by atoms with E-state index in [4.69, 9.17) is 11.5 Å². The number of nitrogens with zero attached hydrogens (tertiary/aromatic N) is 1. The zero-order valence-electron chi connectivity index (χ0n) is 14.5. The van der Waals surface area contributed by atoms with Crippen molar-refractivity contribution in [2.75, 3.05) is 12.3 Å². The Morgan fingerprint density at radius 2 is 1.70 bits per heavy atom. The topological polar surface area (TPSA) is 64.9 Å². The van der Waals surface area contributed by atoms with Gasteiger partial charge in [0.1, 0.15) is 5.82 Å². The summed E-state index contributed by atoms with van der Waals surface area (Å²) >= 11 is 0. The third-order valence-corrected chi connectivity index (χ3v) is 4.46. The highest BCUT2D eigenvalue weighted by Crippen LogP contribution is 2.22. The molecule has 23 heavy (non-hydrogen) atoms. The number of benzene rings is 1. The van der Waals surface area contributed by atoms with Gasteiger partial charge in [-0.05, 0) is 68.0 Å². The lowest BCUT2D eigenvalue weighted by Crippen LogP contribution is -1.99. The molecule has 0 amide bonds. The van der Waals surface area contributed by atoms with Crippen LogP contribution in [-0.4, -0.2) is 11.5 Å². The van der Waals surface area contributed by atoms with Crippen LogP contribution >= 0.6 is 0 Å². The maximum absolute atomic E-state index is 6.11. The Morgan fingerprint density at radius 1 is 0.913 bits per heavy atom. The summed E-state index contributed by atoms with van der Waals surface area (Å²) in [6.07, 6.45) is 10.7. The first kappa shape index (κ1) is 17.7. The van der Waals surface area contributed by atoms with E-state index in [0.717, 1.165) is 31.3 Å². The maximum Gasteiger partial charge on any atom is 0.127 e. The Kier molecular flexibility index (Phi) is 7.34. The van der Waals surface area contributed by atoms with Crippen molar-refractivity contribution < 1.29 is 0 Å². The van der Waals surface area contributed by atoms with Gasteiger partial charge in [-0.15, -0.1) is 0 Å². The molecule has 0 unspecified atom stereocenters. The molecule has 0 saturated heterocycles. The zero-order chi connectivity index (χ0) is 16.5. The number of nitrogens with two attached hydrogens (primary N) is 2. The molecule has 3 nitrogen and oxygen atoms in total. The number of hydrogen-bond donors (Lipinski definition) is 2. The van der Waals surface area contributed by atoms with Gasteiger partial charge in [0.25, 0.3) is 0 Å². The van der Waals surface area contributed by atoms with Crippen LogP contribution in [-0.2, 0) is 12.8 Å². The number of nitrogen functional groups attached to an aromatic ring is 1. The van der Waals surface area contributed by atoms with Crippen LogP contribution < -0.4 is 11.5 Å². The third kappa shape index (κ3) is 5.51. The van der Waals surface area contributed by atoms with E-state index in [-0.39, 0.29) is 0 Å². The molecule has 0 aliphatic rings. The van der Waals surface area contributed by atoms with E-state index in [9.17, 15) is 0 Å². The number of rotatable bonds is 10. The molecule has 1 aromatic carbocycles. The van der Waals surface area contributed by atoms with Gasteiger partial charge in [-0.25, -0.2) is 4.98 Å². The number of aromatic nitrogens is 1. The lowest BCUT2D eigenvalue weighted by Gasteiger charge is -2.09. The predicted octanol–water partition coefficient (Wildman–Crippen LogP) is 4.61. The smallest absolute Gasteiger partial charge is 0.127 e. The van der Waals surface area contributed by atoms with Crippen LogP contribution in [0.1, 0.15) is 63.0 Å². The van der Waals surface area contributed by atoms with Crippen molar-refractivity contribution >= 4 is 16.7 Å². The first-order valence-corrected chi connectivity index (χ1v) is 9.12. The molecule has 2 rings (SSSR count). The fourth-order valence-electron chi connectivity index (χ4n) is 3.03. The molecular formula is C20H31N3. The summed E-state index contributed by atoms with van der Waals surface area (Å²) in [6, 6.07) is 8.82. The van der Waals surface area contributed by atoms with Crippen LogP contribution in [0.5, 0.6) is 0 Å². The van der Waals surface area contributed by atoms with E-state index in [1.807, 2.05) is 0 Å². The summed E-state index contributed by atoms with van der Waals surface area (Å²) in [5.41, 5.74) is 15.3. The minimum Gasteiger partial charge on any atom is -0.383 e. The van der Waals surface area contributed by atoms with Crippen molar-refractivity contribution in [3.63, 3.8) is 0 Å². The number of fused-ring (bicyclic) bond motifs is 1. The molecule has 3 heteroatoms. The van der Waals surface area contributed by atoms with Crippen molar-refractivity contribution in [3.8, 4) is 0 Å². The highest BCUT2D eigenvalue weighted by molar-refractivity contribution is 5.82. The minimum atomic E-state index is 0.697. The van der Waals surface area contributed by atoms with Gasteiger partial charge in [-0.1, -0.05) is 38.7 Å². The van der Waals surface area contributed by atoms with E-state index in [2.05, 4.69) is 36.2 Å². The fourth-order valence-corrected chi connectivity index (χ4v) is 3.03. The van der Waals surface area contributed by atoms with E-state index in [1.54, 1.807) is 0 Å². The van der Waals surface area contributed by atoms with E-state index in [0.29, 0.717) is 5.82 Å². The Morgan fingerprint density at radius 3 is 2.48 bits per heavy atom. The molecule has 2 aromatic rings. The van der Waals surface area contributed by atoms with Gasteiger partial charge in [0.2, 0.25) is 0 Å². The molecular weight excluding hydrogens is 282 g/mol. The molecule has 0 aliphatic heterocycles. The van der Waals surface area contributed by atoms with Crippen LogP contribution in [0.25, 0.3) is 10.9 Å². The van der Waals surface area contributed by atoms with Crippen LogP contribution in [0, 0.1) is 0 Å². The second kappa shape index (κ2) is 9.51. The van der Waals surface area contributed by atoms with Crippen LogP contribution in [0.2, 0.25) is 0 Å². The largest absolute Gasteiger partial charge is 0.383 e. The molecule has 4 N–H and O–H groups in total. The van der Waals surface area contributed by atoms with Gasteiger partial charge < -0.3 is 11.5 Å². The van der Waals surface area contributed by atoms with Gasteiger partial charge in [-0.3, -0.25) is 0 Å². The van der Waals surface area contributed by atoms with Gasteiger partial charge in [0.05, 0.1) is 5.52 Å². The fraction of sp³-hybridized carbons (Fsp3) is 0.550. The van der Waals surface area contributed by atoms with Crippen LogP contribution in [0.4, 0.5) is 5.82 Å². The highest BCUT2D eigenvalue weighted by Gasteiger charge is 2.05. The van der Waals surface area contributed by atoms with Crippen molar-refractivity contribution in [2.24, 2.45) is 5.73 Å². The van der Waals surface area contributed by atoms with Crippen molar-refractivity contribution in [1.82, 2.24) is 4.98 Å². The average molecular weight is 313 g/mol. The van der Waals surface area contributed by atoms with Gasteiger partial charge >= 0.3 is 0 Å². The lowest BCUT2D eigenvalue weighted by molar-refractivity contribution is 0.647. The SMILES string of the molecule is CCCCCc1cc2cc(CCCCCCN)ccc2nc1N. The normalized spacial score (nSPS) is 11.2. The average Bonchev–Trinajstić information content (AvgIpc) is 2.55. The molecule has 0 radical (unpaired) electrons. The van der Waals surface area contributed by atoms with Crippen molar-refractivity contribution in [3.05, 3.63) is 35.4 Å². The van der Waals surface area contributed by atoms with Gasteiger partial charge in [0.15, 0.2) is 0 Å². The van der Waals surface area contributed by atoms with Crippen molar-refractivity contribution in [2.45, 2.75) is 64.7 Å². The quantitative estimate of drug-likeness (QED) is 0.629. The Balaban J connectivity index is 2.03. The van der Waals surface area contributed by atoms with E-state index in [1.165, 1.54) is 55.0 Å². The molecule has 1 heterocycles. The third-order valence-electron chi connectivity index (χ3n) is 4.46. The highest BCUT2D eigenvalue weighted by atomic mass is 14.8. The first-order valence-electron chi connectivity index (χ1n) is 9.12. The summed E-state index contributed by atoms with van der Waals surface area (Å²) in [7, 11) is 0. The molecule has 0 bridgehead atoms. The number of pyridine rings is 1. The Hall–Kier alpha value is -1.61. The zero-order valence-corrected chi connectivity index (χ0v) is 14.5. The van der Waals surface area contributed by atoms with E-state index >= 15 is 0 Å². The molecule has 126 valence electrons. The minimum absolute atomic E-state index is 0.697. The lowest BCUT2D eigenvalue weighted by atomic mass is 10.0. The first-order chi connectivity index (χ1) is 11.2. The number of hydrogen-bond acceptors (Lipinski definition) is 3. The van der Waals surface area contributed by atoms with Gasteiger partial charge in [0, 0.05) is 5.39 Å². The monoisotopic (exact) mass is 313 g/mol. The number of anilines is 1. The van der Waals surface area contributed by atoms with Crippen molar-refractivity contribution in [1.29, 1.82) is 0 Å². The number of aryl methyl sites for hydroxylation is 2. The summed E-state index contributed by atoms with van der Waals surface area (Å²) in [6.45, 7) is 3.03. The van der Waals surface area contributed by atoms with E-state index < -0.39 is 0 Å².